The Kier molecular flexibility index (Phi) is 3.97. The molecule has 48 valence electrons. The largest absolute Gasteiger partial charge is 0.303 e. The summed E-state index contributed by atoms with van der Waals surface area (Å²) < 4.78 is 0. The molecule has 0 saturated heterocycles. The number of carbonyl (C=O) groups excluding carboxylic acids is 1. The fraction of sp³-hybridized carbons (Fsp3) is 0.833. The van der Waals surface area contributed by atoms with Crippen LogP contribution in [0, 0.1) is 11.8 Å². The van der Waals surface area contributed by atoms with Crippen LogP contribution in [0.4, 0.5) is 0 Å². The Hall–Kier alpha value is 0.0200. The van der Waals surface area contributed by atoms with Crippen molar-refractivity contribution in [1.29, 1.82) is 0 Å². The third-order valence-electron chi connectivity index (χ3n) is 1.24. The molecule has 0 aromatic rings. The topological polar surface area (TPSA) is 17.1 Å². The minimum Gasteiger partial charge on any atom is -0.303 e. The van der Waals surface area contributed by atoms with Gasteiger partial charge in [0.25, 0.3) is 0 Å². The van der Waals surface area contributed by atoms with E-state index in [0.29, 0.717) is 11.7 Å². The standard InChI is InChI=1S/C6H12OS/c1-5(2)6(3-7)4-8/h3,5-6,8H,4H2,1-2H3. The predicted octanol–water partition coefficient (Wildman–Crippen LogP) is 1.39. The molecule has 0 radical (unpaired) electrons. The molecule has 0 spiro atoms. The van der Waals surface area contributed by atoms with Gasteiger partial charge in [-0.25, -0.2) is 0 Å². The van der Waals surface area contributed by atoms with Crippen LogP contribution in [0.1, 0.15) is 13.8 Å². The first-order valence-electron chi connectivity index (χ1n) is 2.78. The molecule has 1 unspecified atom stereocenters. The average molecular weight is 132 g/mol. The first-order valence-corrected chi connectivity index (χ1v) is 3.41. The summed E-state index contributed by atoms with van der Waals surface area (Å²) in [6.07, 6.45) is 0.970. The molecule has 0 N–H and O–H groups in total. The van der Waals surface area contributed by atoms with Crippen molar-refractivity contribution in [2.75, 3.05) is 5.75 Å². The van der Waals surface area contributed by atoms with Gasteiger partial charge in [-0.1, -0.05) is 13.8 Å². The van der Waals surface area contributed by atoms with Crippen LogP contribution in [0.2, 0.25) is 0 Å². The number of rotatable bonds is 3. The highest BCUT2D eigenvalue weighted by atomic mass is 32.1. The van der Waals surface area contributed by atoms with Crippen LogP contribution in [0.3, 0.4) is 0 Å². The Labute approximate surface area is 55.9 Å². The van der Waals surface area contributed by atoms with E-state index in [1.807, 2.05) is 13.8 Å². The fourth-order valence-corrected chi connectivity index (χ4v) is 0.919. The van der Waals surface area contributed by atoms with Gasteiger partial charge in [0.2, 0.25) is 0 Å². The van der Waals surface area contributed by atoms with Gasteiger partial charge in [-0.05, 0) is 11.7 Å². The summed E-state index contributed by atoms with van der Waals surface area (Å²) in [6, 6.07) is 0. The Morgan fingerprint density at radius 1 is 1.62 bits per heavy atom. The van der Waals surface area contributed by atoms with E-state index >= 15 is 0 Å². The molecule has 0 bridgehead atoms. The molecule has 0 aliphatic carbocycles. The highest BCUT2D eigenvalue weighted by Crippen LogP contribution is 2.08. The fourth-order valence-electron chi connectivity index (χ4n) is 0.411. The molecule has 0 rings (SSSR count). The molecule has 0 amide bonds. The highest BCUT2D eigenvalue weighted by molar-refractivity contribution is 7.80. The predicted molar refractivity (Wildman–Crippen MR) is 38.2 cm³/mol. The van der Waals surface area contributed by atoms with Crippen molar-refractivity contribution in [3.05, 3.63) is 0 Å². The summed E-state index contributed by atoms with van der Waals surface area (Å²) in [5.74, 6) is 1.24. The van der Waals surface area contributed by atoms with Crippen molar-refractivity contribution in [1.82, 2.24) is 0 Å². The van der Waals surface area contributed by atoms with E-state index in [-0.39, 0.29) is 5.92 Å². The lowest BCUT2D eigenvalue weighted by atomic mass is 10.0. The second kappa shape index (κ2) is 3.96. The number of aldehydes is 1. The third kappa shape index (κ3) is 2.36. The molecule has 0 aliphatic heterocycles. The summed E-state index contributed by atoms with van der Waals surface area (Å²) in [7, 11) is 0. The van der Waals surface area contributed by atoms with E-state index in [9.17, 15) is 4.79 Å². The molecule has 0 aromatic heterocycles. The zero-order valence-corrected chi connectivity index (χ0v) is 6.19. The molecule has 1 nitrogen and oxygen atoms in total. The van der Waals surface area contributed by atoms with E-state index in [1.54, 1.807) is 0 Å². The van der Waals surface area contributed by atoms with Crippen LogP contribution in [-0.4, -0.2) is 12.0 Å². The van der Waals surface area contributed by atoms with Gasteiger partial charge in [0, 0.05) is 5.92 Å². The quantitative estimate of drug-likeness (QED) is 0.453. The average Bonchev–Trinajstić information content (AvgIpc) is 1.69. The Balaban J connectivity index is 3.51. The number of thiol groups is 1. The first-order chi connectivity index (χ1) is 3.72. The van der Waals surface area contributed by atoms with Gasteiger partial charge in [-0.15, -0.1) is 0 Å². The van der Waals surface area contributed by atoms with Crippen LogP contribution in [0.15, 0.2) is 0 Å². The SMILES string of the molecule is CC(C)C(C=O)CS. The Morgan fingerprint density at radius 2 is 2.12 bits per heavy atom. The molecule has 1 atom stereocenters. The summed E-state index contributed by atoms with van der Waals surface area (Å²) in [5, 5.41) is 0. The van der Waals surface area contributed by atoms with Gasteiger partial charge in [0.15, 0.2) is 0 Å². The monoisotopic (exact) mass is 132 g/mol. The van der Waals surface area contributed by atoms with E-state index in [1.165, 1.54) is 0 Å². The van der Waals surface area contributed by atoms with Crippen LogP contribution in [0.25, 0.3) is 0 Å². The van der Waals surface area contributed by atoms with Crippen LogP contribution < -0.4 is 0 Å². The number of hydrogen-bond donors (Lipinski definition) is 1. The van der Waals surface area contributed by atoms with Gasteiger partial charge >= 0.3 is 0 Å². The number of hydrogen-bond acceptors (Lipinski definition) is 2. The van der Waals surface area contributed by atoms with Gasteiger partial charge in [0.1, 0.15) is 6.29 Å². The lowest BCUT2D eigenvalue weighted by Crippen LogP contribution is -2.11. The minimum absolute atomic E-state index is 0.137. The molecule has 2 heteroatoms. The van der Waals surface area contributed by atoms with E-state index in [0.717, 1.165) is 6.29 Å². The van der Waals surface area contributed by atoms with E-state index < -0.39 is 0 Å². The first kappa shape index (κ1) is 8.02. The number of carbonyl (C=O) groups is 1. The van der Waals surface area contributed by atoms with Crippen molar-refractivity contribution in [2.24, 2.45) is 11.8 Å². The Bertz CT molecular complexity index is 70.9. The Morgan fingerprint density at radius 3 is 2.12 bits per heavy atom. The highest BCUT2D eigenvalue weighted by Gasteiger charge is 2.07. The van der Waals surface area contributed by atoms with Crippen molar-refractivity contribution >= 4 is 18.9 Å². The van der Waals surface area contributed by atoms with Crippen LogP contribution >= 0.6 is 12.6 Å². The molecule has 0 heterocycles. The normalized spacial score (nSPS) is 14.0. The smallest absolute Gasteiger partial charge is 0.124 e. The van der Waals surface area contributed by atoms with Gasteiger partial charge in [-0.2, -0.15) is 12.6 Å². The lowest BCUT2D eigenvalue weighted by Gasteiger charge is -2.08. The van der Waals surface area contributed by atoms with E-state index in [4.69, 9.17) is 0 Å². The summed E-state index contributed by atoms with van der Waals surface area (Å²) in [6.45, 7) is 4.05. The van der Waals surface area contributed by atoms with Gasteiger partial charge in [-0.3, -0.25) is 0 Å². The molecular weight excluding hydrogens is 120 g/mol. The van der Waals surface area contributed by atoms with Crippen LogP contribution in [0.5, 0.6) is 0 Å². The molecule has 0 aliphatic rings. The summed E-state index contributed by atoms with van der Waals surface area (Å²) >= 11 is 4.00. The molecule has 8 heavy (non-hydrogen) atoms. The maximum atomic E-state index is 10.1. The lowest BCUT2D eigenvalue weighted by molar-refractivity contribution is -0.111. The molecular formula is C6H12OS. The molecule has 0 aromatic carbocycles. The van der Waals surface area contributed by atoms with Gasteiger partial charge < -0.3 is 4.79 Å². The van der Waals surface area contributed by atoms with Crippen molar-refractivity contribution in [3.63, 3.8) is 0 Å². The second-order valence-corrected chi connectivity index (χ2v) is 2.59. The van der Waals surface area contributed by atoms with Crippen molar-refractivity contribution in [2.45, 2.75) is 13.8 Å². The summed E-state index contributed by atoms with van der Waals surface area (Å²) in [4.78, 5) is 10.1. The maximum Gasteiger partial charge on any atom is 0.124 e. The van der Waals surface area contributed by atoms with Crippen molar-refractivity contribution in [3.8, 4) is 0 Å². The molecule has 0 saturated carbocycles. The summed E-state index contributed by atoms with van der Waals surface area (Å²) in [5.41, 5.74) is 0. The van der Waals surface area contributed by atoms with Crippen LogP contribution in [-0.2, 0) is 4.79 Å². The zero-order chi connectivity index (χ0) is 6.57. The zero-order valence-electron chi connectivity index (χ0n) is 5.29. The van der Waals surface area contributed by atoms with E-state index in [2.05, 4.69) is 12.6 Å². The van der Waals surface area contributed by atoms with Crippen molar-refractivity contribution < 1.29 is 4.79 Å². The van der Waals surface area contributed by atoms with Gasteiger partial charge in [0.05, 0.1) is 0 Å². The second-order valence-electron chi connectivity index (χ2n) is 2.23. The minimum atomic E-state index is 0.137. The third-order valence-corrected chi connectivity index (χ3v) is 1.66. The maximum absolute atomic E-state index is 10.1. The molecule has 0 fully saturated rings.